The molecule has 26 heavy (non-hydrogen) atoms. The highest BCUT2D eigenvalue weighted by Crippen LogP contribution is 2.53. The Morgan fingerprint density at radius 2 is 1.42 bits per heavy atom. The zero-order chi connectivity index (χ0) is 17.3. The summed E-state index contributed by atoms with van der Waals surface area (Å²) in [6.45, 7) is 1.56. The Labute approximate surface area is 157 Å². The van der Waals surface area contributed by atoms with Gasteiger partial charge in [-0.15, -0.1) is 0 Å². The Balaban J connectivity index is 1.23. The van der Waals surface area contributed by atoms with E-state index in [0.29, 0.717) is 6.61 Å². The molecule has 4 aliphatic rings. The predicted molar refractivity (Wildman–Crippen MR) is 105 cm³/mol. The summed E-state index contributed by atoms with van der Waals surface area (Å²) in [6.07, 6.45) is 7.40. The van der Waals surface area contributed by atoms with Crippen LogP contribution < -0.4 is 10.1 Å². The van der Waals surface area contributed by atoms with Crippen molar-refractivity contribution in [2.24, 2.45) is 23.7 Å². The van der Waals surface area contributed by atoms with Crippen LogP contribution in [0.4, 0.5) is 0 Å². The van der Waals surface area contributed by atoms with E-state index >= 15 is 0 Å². The first-order chi connectivity index (χ1) is 12.8. The van der Waals surface area contributed by atoms with Gasteiger partial charge in [0.15, 0.2) is 0 Å². The maximum Gasteiger partial charge on any atom is 0.124 e. The molecular weight excluding hydrogens is 318 g/mol. The molecule has 0 atom stereocenters. The molecule has 2 aromatic rings. The highest BCUT2D eigenvalue weighted by Gasteiger charge is 2.47. The van der Waals surface area contributed by atoms with E-state index in [0.717, 1.165) is 42.0 Å². The summed E-state index contributed by atoms with van der Waals surface area (Å²) in [7, 11) is 0. The van der Waals surface area contributed by atoms with Crippen LogP contribution in [0.15, 0.2) is 54.6 Å². The molecule has 136 valence electrons. The van der Waals surface area contributed by atoms with Crippen molar-refractivity contribution in [3.63, 3.8) is 0 Å². The molecule has 6 rings (SSSR count). The van der Waals surface area contributed by atoms with Gasteiger partial charge < -0.3 is 10.1 Å². The largest absolute Gasteiger partial charge is 0.489 e. The molecule has 1 N–H and O–H groups in total. The van der Waals surface area contributed by atoms with E-state index in [1.807, 2.05) is 6.07 Å². The van der Waals surface area contributed by atoms with Gasteiger partial charge >= 0.3 is 0 Å². The van der Waals surface area contributed by atoms with Gasteiger partial charge in [0.2, 0.25) is 0 Å². The summed E-state index contributed by atoms with van der Waals surface area (Å²) < 4.78 is 6.14. The molecule has 0 radical (unpaired) electrons. The maximum absolute atomic E-state index is 6.14. The number of hydrogen-bond donors (Lipinski definition) is 1. The molecule has 0 saturated heterocycles. The molecule has 2 nitrogen and oxygen atoms in total. The molecule has 0 unspecified atom stereocenters. The van der Waals surface area contributed by atoms with Crippen molar-refractivity contribution in [1.82, 2.24) is 5.32 Å². The Hall–Kier alpha value is -1.80. The molecule has 0 spiro atoms. The molecule has 0 amide bonds. The minimum Gasteiger partial charge on any atom is -0.489 e. The van der Waals surface area contributed by atoms with E-state index in [4.69, 9.17) is 4.74 Å². The number of para-hydroxylation sites is 1. The summed E-state index contributed by atoms with van der Waals surface area (Å²) in [5, 5.41) is 3.94. The lowest BCUT2D eigenvalue weighted by atomic mass is 9.54. The van der Waals surface area contributed by atoms with Gasteiger partial charge in [0.1, 0.15) is 12.4 Å². The molecule has 4 fully saturated rings. The molecular formula is C24H29NO. The minimum atomic E-state index is 0.635. The molecule has 4 saturated carbocycles. The Morgan fingerprint density at radius 3 is 2.15 bits per heavy atom. The van der Waals surface area contributed by atoms with Gasteiger partial charge in [-0.3, -0.25) is 0 Å². The van der Waals surface area contributed by atoms with Crippen LogP contribution in [0.5, 0.6) is 5.75 Å². The minimum absolute atomic E-state index is 0.635. The van der Waals surface area contributed by atoms with Crippen LogP contribution >= 0.6 is 0 Å². The third-order valence-electron chi connectivity index (χ3n) is 6.96. The van der Waals surface area contributed by atoms with Gasteiger partial charge in [0, 0.05) is 18.2 Å². The first kappa shape index (κ1) is 16.4. The van der Waals surface area contributed by atoms with E-state index in [9.17, 15) is 0 Å². The van der Waals surface area contributed by atoms with Crippen LogP contribution in [0.3, 0.4) is 0 Å². The van der Waals surface area contributed by atoms with Gasteiger partial charge in [0.05, 0.1) is 0 Å². The number of hydrogen-bond acceptors (Lipinski definition) is 2. The normalized spacial score (nSPS) is 31.9. The lowest BCUT2D eigenvalue weighted by Crippen LogP contribution is -2.54. The number of rotatable bonds is 6. The quantitative estimate of drug-likeness (QED) is 0.777. The zero-order valence-corrected chi connectivity index (χ0v) is 15.4. The third kappa shape index (κ3) is 3.27. The first-order valence-corrected chi connectivity index (χ1v) is 10.3. The number of ether oxygens (including phenoxy) is 1. The predicted octanol–water partition coefficient (Wildman–Crippen LogP) is 5.18. The average Bonchev–Trinajstić information content (AvgIpc) is 2.67. The van der Waals surface area contributed by atoms with Crippen molar-refractivity contribution in [1.29, 1.82) is 0 Å². The second-order valence-corrected chi connectivity index (χ2v) is 8.72. The fourth-order valence-electron chi connectivity index (χ4n) is 6.01. The Kier molecular flexibility index (Phi) is 4.46. The van der Waals surface area contributed by atoms with Gasteiger partial charge in [-0.1, -0.05) is 48.5 Å². The SMILES string of the molecule is c1ccc(COc2ccccc2CNC2C3CC4CC(C3)CC2C4)cc1. The fourth-order valence-corrected chi connectivity index (χ4v) is 6.01. The molecule has 0 aromatic heterocycles. The maximum atomic E-state index is 6.14. The van der Waals surface area contributed by atoms with Crippen LogP contribution in [0, 0.1) is 23.7 Å². The molecule has 4 bridgehead atoms. The second-order valence-electron chi connectivity index (χ2n) is 8.72. The Morgan fingerprint density at radius 1 is 0.769 bits per heavy atom. The highest BCUT2D eigenvalue weighted by molar-refractivity contribution is 5.33. The van der Waals surface area contributed by atoms with Gasteiger partial charge in [-0.05, 0) is 67.4 Å². The van der Waals surface area contributed by atoms with Crippen LogP contribution in [-0.4, -0.2) is 6.04 Å². The molecule has 2 aromatic carbocycles. The van der Waals surface area contributed by atoms with Crippen molar-refractivity contribution in [2.75, 3.05) is 0 Å². The van der Waals surface area contributed by atoms with Gasteiger partial charge in [-0.25, -0.2) is 0 Å². The van der Waals surface area contributed by atoms with Crippen LogP contribution in [0.1, 0.15) is 43.2 Å². The van der Waals surface area contributed by atoms with Crippen LogP contribution in [0.2, 0.25) is 0 Å². The van der Waals surface area contributed by atoms with Crippen LogP contribution in [-0.2, 0) is 13.2 Å². The number of benzene rings is 2. The second kappa shape index (κ2) is 7.08. The first-order valence-electron chi connectivity index (χ1n) is 10.3. The molecule has 4 aliphatic carbocycles. The monoisotopic (exact) mass is 347 g/mol. The molecule has 0 aliphatic heterocycles. The smallest absolute Gasteiger partial charge is 0.124 e. The lowest BCUT2D eigenvalue weighted by Gasteiger charge is -2.54. The highest BCUT2D eigenvalue weighted by atomic mass is 16.5. The van der Waals surface area contributed by atoms with Crippen LogP contribution in [0.25, 0.3) is 0 Å². The van der Waals surface area contributed by atoms with E-state index in [1.165, 1.54) is 43.2 Å². The summed E-state index contributed by atoms with van der Waals surface area (Å²) in [5.41, 5.74) is 2.51. The topological polar surface area (TPSA) is 21.3 Å². The van der Waals surface area contributed by atoms with E-state index in [1.54, 1.807) is 0 Å². The van der Waals surface area contributed by atoms with E-state index in [2.05, 4.69) is 53.8 Å². The number of nitrogens with one attached hydrogen (secondary N) is 1. The summed E-state index contributed by atoms with van der Waals surface area (Å²) >= 11 is 0. The lowest BCUT2D eigenvalue weighted by molar-refractivity contribution is -0.0143. The standard InChI is InChI=1S/C24H29NO/c1-2-6-17(7-3-1)16-26-23-9-5-4-8-20(23)15-25-24-21-11-18-10-19(13-21)14-22(24)12-18/h1-9,18-19,21-22,24-25H,10-16H2. The van der Waals surface area contributed by atoms with E-state index in [-0.39, 0.29) is 0 Å². The van der Waals surface area contributed by atoms with Crippen molar-refractivity contribution in [2.45, 2.75) is 51.3 Å². The van der Waals surface area contributed by atoms with Gasteiger partial charge in [0.25, 0.3) is 0 Å². The van der Waals surface area contributed by atoms with Crippen molar-refractivity contribution in [3.05, 3.63) is 65.7 Å². The molecule has 2 heteroatoms. The zero-order valence-electron chi connectivity index (χ0n) is 15.4. The summed E-state index contributed by atoms with van der Waals surface area (Å²) in [5.74, 6) is 4.94. The van der Waals surface area contributed by atoms with E-state index < -0.39 is 0 Å². The van der Waals surface area contributed by atoms with Crippen molar-refractivity contribution < 1.29 is 4.74 Å². The third-order valence-corrected chi connectivity index (χ3v) is 6.96. The average molecular weight is 348 g/mol. The summed E-state index contributed by atoms with van der Waals surface area (Å²) in [4.78, 5) is 0. The Bertz CT molecular complexity index is 713. The fraction of sp³-hybridized carbons (Fsp3) is 0.500. The molecule has 0 heterocycles. The van der Waals surface area contributed by atoms with Gasteiger partial charge in [-0.2, -0.15) is 0 Å². The van der Waals surface area contributed by atoms with Crippen molar-refractivity contribution >= 4 is 0 Å². The van der Waals surface area contributed by atoms with Crippen molar-refractivity contribution in [3.8, 4) is 5.75 Å². The summed E-state index contributed by atoms with van der Waals surface area (Å²) in [6, 6.07) is 19.7.